The molecule has 0 atom stereocenters. The number of aromatic nitrogens is 2. The minimum Gasteiger partial charge on any atom is -0.496 e. The van der Waals surface area contributed by atoms with Gasteiger partial charge in [-0.1, -0.05) is 64.6 Å². The number of methoxy groups -OCH3 is 1. The first-order valence-corrected chi connectivity index (χ1v) is 8.88. The molecule has 0 unspecified atom stereocenters. The third-order valence-corrected chi connectivity index (χ3v) is 4.58. The fraction of sp³-hybridized carbons (Fsp3) is 0.105. The van der Waals surface area contributed by atoms with E-state index in [4.69, 9.17) is 21.1 Å². The fourth-order valence-corrected chi connectivity index (χ4v) is 2.91. The van der Waals surface area contributed by atoms with E-state index in [1.54, 1.807) is 13.2 Å². The predicted octanol–water partition coefficient (Wildman–Crippen LogP) is 4.48. The number of para-hydroxylation sites is 1. The van der Waals surface area contributed by atoms with E-state index in [0.717, 1.165) is 22.7 Å². The van der Waals surface area contributed by atoms with Crippen molar-refractivity contribution in [2.45, 2.75) is 6.61 Å². The second kappa shape index (κ2) is 8.60. The molecule has 0 fully saturated rings. The molecule has 0 bridgehead atoms. The van der Waals surface area contributed by atoms with Gasteiger partial charge in [-0.05, 0) is 17.7 Å². The lowest BCUT2D eigenvalue weighted by molar-refractivity contribution is -0.137. The van der Waals surface area contributed by atoms with Crippen molar-refractivity contribution in [2.24, 2.45) is 0 Å². The van der Waals surface area contributed by atoms with E-state index in [0.29, 0.717) is 21.4 Å². The molecule has 0 aliphatic rings. The van der Waals surface area contributed by atoms with Gasteiger partial charge in [0.05, 0.1) is 12.7 Å². The summed E-state index contributed by atoms with van der Waals surface area (Å²) in [6.45, 7) is -0.0374. The lowest BCUT2D eigenvalue weighted by atomic mass is 10.0. The highest BCUT2D eigenvalue weighted by Gasteiger charge is 2.16. The van der Waals surface area contributed by atoms with Gasteiger partial charge in [-0.25, -0.2) is 4.79 Å². The van der Waals surface area contributed by atoms with E-state index in [1.165, 1.54) is 0 Å². The van der Waals surface area contributed by atoms with Gasteiger partial charge in [0.15, 0.2) is 0 Å². The van der Waals surface area contributed by atoms with Crippen LogP contribution in [0.3, 0.4) is 0 Å². The summed E-state index contributed by atoms with van der Waals surface area (Å²) in [7, 11) is 1.59. The summed E-state index contributed by atoms with van der Waals surface area (Å²) in [4.78, 5) is 12.7. The van der Waals surface area contributed by atoms with Crippen LogP contribution in [0.5, 0.6) is 5.75 Å². The zero-order chi connectivity index (χ0) is 18.4. The van der Waals surface area contributed by atoms with Crippen molar-refractivity contribution in [2.75, 3.05) is 7.11 Å². The van der Waals surface area contributed by atoms with Crippen molar-refractivity contribution in [3.63, 3.8) is 0 Å². The Bertz CT molecular complexity index is 925. The van der Waals surface area contributed by atoms with Crippen LogP contribution in [0.15, 0.2) is 54.6 Å². The van der Waals surface area contributed by atoms with Crippen LogP contribution < -0.4 is 4.74 Å². The lowest BCUT2D eigenvalue weighted by Gasteiger charge is -2.10. The Kier molecular flexibility index (Phi) is 5.99. The van der Waals surface area contributed by atoms with Crippen LogP contribution in [-0.4, -0.2) is 22.7 Å². The Morgan fingerprint density at radius 2 is 1.88 bits per heavy atom. The second-order valence-corrected chi connectivity index (χ2v) is 6.59. The van der Waals surface area contributed by atoms with E-state index in [1.807, 2.05) is 54.6 Å². The number of nitrogens with zero attached hydrogens (tertiary/aromatic N) is 2. The summed E-state index contributed by atoms with van der Waals surface area (Å²) in [6, 6.07) is 16.8. The zero-order valence-electron chi connectivity index (χ0n) is 13.9. The van der Waals surface area contributed by atoms with Crippen LogP contribution in [-0.2, 0) is 16.1 Å². The van der Waals surface area contributed by atoms with Crippen molar-refractivity contribution in [3.8, 4) is 5.75 Å². The van der Waals surface area contributed by atoms with Gasteiger partial charge in [0, 0.05) is 17.1 Å². The maximum absolute atomic E-state index is 12.7. The van der Waals surface area contributed by atoms with Gasteiger partial charge in [-0.3, -0.25) is 0 Å². The maximum Gasteiger partial charge on any atom is 0.339 e. The summed E-state index contributed by atoms with van der Waals surface area (Å²) < 4.78 is 14.9. The maximum atomic E-state index is 12.7. The SMILES string of the molecule is COc1ccccc1/C=C(/C(=O)OCc1nnsc1Cl)c1ccccc1. The first-order chi connectivity index (χ1) is 12.7. The van der Waals surface area contributed by atoms with Gasteiger partial charge in [0.25, 0.3) is 0 Å². The molecule has 0 radical (unpaired) electrons. The molecule has 5 nitrogen and oxygen atoms in total. The molecule has 0 saturated heterocycles. The standard InChI is InChI=1S/C19H15ClN2O3S/c1-24-17-10-6-5-9-14(17)11-15(13-7-3-2-4-8-13)19(23)25-12-16-18(20)26-22-21-16/h2-11H,12H2,1H3/b15-11+. The van der Waals surface area contributed by atoms with Crippen molar-refractivity contribution in [1.29, 1.82) is 0 Å². The summed E-state index contributed by atoms with van der Waals surface area (Å²) in [6.07, 6.45) is 1.75. The molecule has 0 amide bonds. The highest BCUT2D eigenvalue weighted by molar-refractivity contribution is 7.10. The van der Waals surface area contributed by atoms with Gasteiger partial charge >= 0.3 is 5.97 Å². The number of rotatable bonds is 6. The Balaban J connectivity index is 1.92. The fourth-order valence-electron chi connectivity index (χ4n) is 2.31. The number of ether oxygens (including phenoxy) is 2. The molecule has 3 rings (SSSR count). The number of hydrogen-bond acceptors (Lipinski definition) is 6. The van der Waals surface area contributed by atoms with Crippen LogP contribution >= 0.6 is 23.1 Å². The van der Waals surface area contributed by atoms with Crippen LogP contribution in [0.1, 0.15) is 16.8 Å². The molecule has 3 aromatic rings. The van der Waals surface area contributed by atoms with Gasteiger partial charge in [-0.2, -0.15) is 0 Å². The molecule has 0 spiro atoms. The molecule has 1 aromatic heterocycles. The zero-order valence-corrected chi connectivity index (χ0v) is 15.5. The highest BCUT2D eigenvalue weighted by atomic mass is 35.5. The number of carbonyl (C=O) groups is 1. The van der Waals surface area contributed by atoms with Crippen molar-refractivity contribution < 1.29 is 14.3 Å². The third-order valence-electron chi connectivity index (χ3n) is 3.59. The Labute approximate surface area is 160 Å². The van der Waals surface area contributed by atoms with E-state index < -0.39 is 5.97 Å². The summed E-state index contributed by atoms with van der Waals surface area (Å²) in [5, 5.41) is 3.85. The van der Waals surface area contributed by atoms with E-state index in [-0.39, 0.29) is 6.61 Å². The lowest BCUT2D eigenvalue weighted by Crippen LogP contribution is -2.08. The minimum atomic E-state index is -0.480. The van der Waals surface area contributed by atoms with Gasteiger partial charge in [0.2, 0.25) is 0 Å². The number of hydrogen-bond donors (Lipinski definition) is 0. The highest BCUT2D eigenvalue weighted by Crippen LogP contribution is 2.26. The average Bonchev–Trinajstić information content (AvgIpc) is 3.10. The summed E-state index contributed by atoms with van der Waals surface area (Å²) in [5.74, 6) is 0.187. The Hall–Kier alpha value is -2.70. The molecule has 132 valence electrons. The van der Waals surface area contributed by atoms with E-state index in [2.05, 4.69) is 9.59 Å². The smallest absolute Gasteiger partial charge is 0.339 e. The first-order valence-electron chi connectivity index (χ1n) is 7.73. The van der Waals surface area contributed by atoms with Crippen molar-refractivity contribution in [1.82, 2.24) is 9.59 Å². The molecule has 7 heteroatoms. The van der Waals surface area contributed by atoms with Crippen LogP contribution in [0.25, 0.3) is 11.6 Å². The molecule has 1 heterocycles. The monoisotopic (exact) mass is 386 g/mol. The third kappa shape index (κ3) is 4.28. The Morgan fingerprint density at radius 3 is 2.58 bits per heavy atom. The quantitative estimate of drug-likeness (QED) is 0.355. The largest absolute Gasteiger partial charge is 0.496 e. The van der Waals surface area contributed by atoms with E-state index >= 15 is 0 Å². The van der Waals surface area contributed by atoms with Crippen molar-refractivity contribution in [3.05, 3.63) is 75.8 Å². The predicted molar refractivity (Wildman–Crippen MR) is 102 cm³/mol. The molecule has 2 aromatic carbocycles. The second-order valence-electron chi connectivity index (χ2n) is 5.24. The number of benzene rings is 2. The average molecular weight is 387 g/mol. The molecule has 0 aliphatic heterocycles. The van der Waals surface area contributed by atoms with Gasteiger partial charge in [0.1, 0.15) is 22.4 Å². The van der Waals surface area contributed by atoms with E-state index in [9.17, 15) is 4.79 Å². The minimum absolute atomic E-state index is 0.0374. The summed E-state index contributed by atoms with van der Waals surface area (Å²) in [5.41, 5.74) is 2.37. The Morgan fingerprint density at radius 1 is 1.15 bits per heavy atom. The van der Waals surface area contributed by atoms with Crippen LogP contribution in [0.2, 0.25) is 4.34 Å². The molecule has 26 heavy (non-hydrogen) atoms. The van der Waals surface area contributed by atoms with Gasteiger partial charge in [-0.15, -0.1) is 5.10 Å². The normalized spacial score (nSPS) is 11.2. The summed E-state index contributed by atoms with van der Waals surface area (Å²) >= 11 is 7.01. The number of carbonyl (C=O) groups excluding carboxylic acids is 1. The van der Waals surface area contributed by atoms with Crippen molar-refractivity contribution >= 4 is 40.8 Å². The van der Waals surface area contributed by atoms with Crippen LogP contribution in [0, 0.1) is 0 Å². The van der Waals surface area contributed by atoms with Crippen LogP contribution in [0.4, 0.5) is 0 Å². The molecule has 0 N–H and O–H groups in total. The molecular weight excluding hydrogens is 372 g/mol. The number of halogens is 1. The van der Waals surface area contributed by atoms with Gasteiger partial charge < -0.3 is 9.47 Å². The topological polar surface area (TPSA) is 61.3 Å². The first kappa shape index (κ1) is 18.1. The molecular formula is C19H15ClN2O3S. The molecule has 0 saturated carbocycles. The number of esters is 1. The molecule has 0 aliphatic carbocycles.